The Kier molecular flexibility index (Phi) is 4.76. The number of anilines is 1. The lowest BCUT2D eigenvalue weighted by molar-refractivity contribution is -0.140. The Morgan fingerprint density at radius 3 is 2.26 bits per heavy atom. The van der Waals surface area contributed by atoms with Gasteiger partial charge in [0, 0.05) is 5.56 Å². The Morgan fingerprint density at radius 2 is 1.62 bits per heavy atom. The van der Waals surface area contributed by atoms with Gasteiger partial charge in [-0.05, 0) is 60.4 Å². The van der Waals surface area contributed by atoms with Crippen LogP contribution in [0.25, 0.3) is 0 Å². The summed E-state index contributed by atoms with van der Waals surface area (Å²) in [5.74, 6) is 1.05. The topological polar surface area (TPSA) is 76.2 Å². The van der Waals surface area contributed by atoms with Crippen molar-refractivity contribution in [2.24, 2.45) is 35.5 Å². The number of methoxy groups -OCH3 is 2. The van der Waals surface area contributed by atoms with Crippen molar-refractivity contribution in [2.45, 2.75) is 6.42 Å². The van der Waals surface area contributed by atoms with Crippen molar-refractivity contribution in [3.63, 3.8) is 0 Å². The average molecular weight is 459 g/mol. The van der Waals surface area contributed by atoms with Crippen molar-refractivity contribution in [3.8, 4) is 11.5 Å². The quantitative estimate of drug-likeness (QED) is 0.490. The zero-order chi connectivity index (χ0) is 23.6. The highest BCUT2D eigenvalue weighted by Gasteiger charge is 2.67. The Hall–Kier alpha value is -3.61. The minimum Gasteiger partial charge on any atom is -0.497 e. The molecule has 6 atom stereocenters. The number of nitrogens with zero attached hydrogens (tertiary/aromatic N) is 2. The van der Waals surface area contributed by atoms with Gasteiger partial charge in [0.1, 0.15) is 18.2 Å². The summed E-state index contributed by atoms with van der Waals surface area (Å²) < 4.78 is 10.8. The Bertz CT molecular complexity index is 1190. The molecule has 174 valence electrons. The molecule has 0 radical (unpaired) electrons. The number of imide groups is 1. The van der Waals surface area contributed by atoms with Crippen molar-refractivity contribution in [3.05, 3.63) is 66.2 Å². The number of carbonyl (C=O) groups excluding carboxylic acids is 3. The molecule has 0 unspecified atom stereocenters. The number of hydrogen-bond donors (Lipinski definition) is 0. The summed E-state index contributed by atoms with van der Waals surface area (Å²) in [6.45, 7) is -0.157. The van der Waals surface area contributed by atoms with Gasteiger partial charge in [-0.3, -0.25) is 24.2 Å². The number of para-hydroxylation sites is 2. The van der Waals surface area contributed by atoms with Crippen LogP contribution in [0.4, 0.5) is 5.69 Å². The minimum atomic E-state index is -0.345. The molecule has 7 rings (SSSR count). The first-order chi connectivity index (χ1) is 16.5. The summed E-state index contributed by atoms with van der Waals surface area (Å²) in [5.41, 5.74) is 0.891. The maximum atomic E-state index is 13.8. The number of rotatable bonds is 6. The number of allylic oxidation sites excluding steroid dienone is 2. The number of carbonyl (C=O) groups is 3. The van der Waals surface area contributed by atoms with Crippen molar-refractivity contribution in [1.82, 2.24) is 4.90 Å². The van der Waals surface area contributed by atoms with Gasteiger partial charge < -0.3 is 9.47 Å². The van der Waals surface area contributed by atoms with Crippen LogP contribution in [0.3, 0.4) is 0 Å². The van der Waals surface area contributed by atoms with Gasteiger partial charge in [-0.2, -0.15) is 0 Å². The number of benzene rings is 2. The molecule has 3 amide bonds. The first-order valence-corrected chi connectivity index (χ1v) is 11.7. The van der Waals surface area contributed by atoms with Crippen LogP contribution in [0.2, 0.25) is 0 Å². The van der Waals surface area contributed by atoms with E-state index in [-0.39, 0.29) is 48.1 Å². The van der Waals surface area contributed by atoms with Crippen LogP contribution in [-0.2, 0) is 9.59 Å². The molecule has 2 aromatic carbocycles. The smallest absolute Gasteiger partial charge is 0.260 e. The fourth-order valence-corrected chi connectivity index (χ4v) is 6.31. The molecular formula is C27H26N2O5. The molecule has 0 spiro atoms. The third-order valence-corrected chi connectivity index (χ3v) is 7.97. The molecule has 1 aliphatic heterocycles. The summed E-state index contributed by atoms with van der Waals surface area (Å²) in [4.78, 5) is 43.6. The molecule has 0 N–H and O–H groups in total. The maximum absolute atomic E-state index is 13.8. The van der Waals surface area contributed by atoms with E-state index < -0.39 is 0 Å². The number of hydrogen-bond acceptors (Lipinski definition) is 5. The Labute approximate surface area is 197 Å². The van der Waals surface area contributed by atoms with Gasteiger partial charge in [0.2, 0.25) is 11.8 Å². The Morgan fingerprint density at radius 1 is 0.941 bits per heavy atom. The second-order valence-corrected chi connectivity index (χ2v) is 9.54. The molecule has 7 heteroatoms. The van der Waals surface area contributed by atoms with Gasteiger partial charge in [0.15, 0.2) is 0 Å². The van der Waals surface area contributed by atoms with E-state index >= 15 is 0 Å². The number of likely N-dealkylation sites (tertiary alicyclic amines) is 1. The highest BCUT2D eigenvalue weighted by molar-refractivity contribution is 6.10. The van der Waals surface area contributed by atoms with E-state index in [1.54, 1.807) is 42.5 Å². The molecule has 2 bridgehead atoms. The SMILES string of the molecule is COc1cccc(C(=O)N(CN2C(=O)[C@H]3[C@@H]4C=C[C@@H]([C@H]5C[C@H]45)[C@@H]3C2=O)c2ccccc2OC)c1. The summed E-state index contributed by atoms with van der Waals surface area (Å²) in [5, 5.41) is 0. The van der Waals surface area contributed by atoms with E-state index in [4.69, 9.17) is 9.47 Å². The monoisotopic (exact) mass is 458 g/mol. The van der Waals surface area contributed by atoms with Crippen molar-refractivity contribution < 1.29 is 23.9 Å². The molecular weight excluding hydrogens is 432 g/mol. The fourth-order valence-electron chi connectivity index (χ4n) is 6.31. The van der Waals surface area contributed by atoms with E-state index in [9.17, 15) is 14.4 Å². The van der Waals surface area contributed by atoms with Gasteiger partial charge in [0.05, 0.1) is 31.7 Å². The van der Waals surface area contributed by atoms with Crippen molar-refractivity contribution in [2.75, 3.05) is 25.8 Å². The highest BCUT2D eigenvalue weighted by Crippen LogP contribution is 2.65. The molecule has 2 aromatic rings. The number of ether oxygens (including phenoxy) is 2. The van der Waals surface area contributed by atoms with Crippen LogP contribution in [0.5, 0.6) is 11.5 Å². The standard InChI is InChI=1S/C27H26N2O5/c1-33-16-7-5-6-15(12-16)25(30)28(21-8-3-4-9-22(21)34-2)14-29-26(31)23-17-10-11-18(20-13-19(17)20)24(23)27(29)32/h3-12,17-20,23-24H,13-14H2,1-2H3/t17-,18+,19-,20-,23+,24+/m1/s1. The summed E-state index contributed by atoms with van der Waals surface area (Å²) in [6.07, 6.45) is 5.40. The highest BCUT2D eigenvalue weighted by atomic mass is 16.5. The van der Waals surface area contributed by atoms with E-state index in [1.165, 1.54) is 24.0 Å². The third-order valence-electron chi connectivity index (χ3n) is 7.97. The predicted molar refractivity (Wildman–Crippen MR) is 124 cm³/mol. The first-order valence-electron chi connectivity index (χ1n) is 11.7. The maximum Gasteiger partial charge on any atom is 0.260 e. The summed E-state index contributed by atoms with van der Waals surface area (Å²) in [6, 6.07) is 14.0. The zero-order valence-corrected chi connectivity index (χ0v) is 19.1. The van der Waals surface area contributed by atoms with Gasteiger partial charge in [-0.1, -0.05) is 30.4 Å². The molecule has 0 aromatic heterocycles. The average Bonchev–Trinajstić information content (AvgIpc) is 3.67. The minimum absolute atomic E-state index is 0.134. The third kappa shape index (κ3) is 2.99. The molecule has 5 aliphatic rings. The van der Waals surface area contributed by atoms with Gasteiger partial charge >= 0.3 is 0 Å². The normalized spacial score (nSPS) is 30.1. The van der Waals surface area contributed by atoms with E-state index in [1.807, 2.05) is 6.07 Å². The van der Waals surface area contributed by atoms with Gasteiger partial charge in [0.25, 0.3) is 5.91 Å². The van der Waals surface area contributed by atoms with E-state index in [2.05, 4.69) is 12.2 Å². The van der Waals surface area contributed by atoms with Crippen LogP contribution < -0.4 is 14.4 Å². The van der Waals surface area contributed by atoms with E-state index in [0.717, 1.165) is 6.42 Å². The second kappa shape index (κ2) is 7.72. The molecule has 3 fully saturated rings. The number of amides is 3. The van der Waals surface area contributed by atoms with Crippen LogP contribution in [0.15, 0.2) is 60.7 Å². The van der Waals surface area contributed by atoms with Crippen LogP contribution in [-0.4, -0.2) is 43.5 Å². The van der Waals surface area contributed by atoms with Gasteiger partial charge in [-0.25, -0.2) is 0 Å². The second-order valence-electron chi connectivity index (χ2n) is 9.54. The largest absolute Gasteiger partial charge is 0.497 e. The zero-order valence-electron chi connectivity index (χ0n) is 19.1. The van der Waals surface area contributed by atoms with E-state index in [0.29, 0.717) is 34.6 Å². The molecule has 1 saturated heterocycles. The van der Waals surface area contributed by atoms with Crippen LogP contribution in [0, 0.1) is 35.5 Å². The molecule has 7 nitrogen and oxygen atoms in total. The van der Waals surface area contributed by atoms with Crippen LogP contribution in [0.1, 0.15) is 16.8 Å². The predicted octanol–water partition coefficient (Wildman–Crippen LogP) is 3.36. The first kappa shape index (κ1) is 21.0. The van der Waals surface area contributed by atoms with Crippen molar-refractivity contribution >= 4 is 23.4 Å². The summed E-state index contributed by atoms with van der Waals surface area (Å²) >= 11 is 0. The molecule has 34 heavy (non-hydrogen) atoms. The molecule has 4 aliphatic carbocycles. The van der Waals surface area contributed by atoms with Gasteiger partial charge in [-0.15, -0.1) is 0 Å². The lowest BCUT2D eigenvalue weighted by Gasteiger charge is -2.37. The Balaban J connectivity index is 1.37. The lowest BCUT2D eigenvalue weighted by atomic mass is 9.63. The van der Waals surface area contributed by atoms with Crippen LogP contribution >= 0.6 is 0 Å². The summed E-state index contributed by atoms with van der Waals surface area (Å²) in [7, 11) is 3.07. The molecule has 2 saturated carbocycles. The fraction of sp³-hybridized carbons (Fsp3) is 0.370. The molecule has 1 heterocycles. The van der Waals surface area contributed by atoms with Crippen molar-refractivity contribution in [1.29, 1.82) is 0 Å². The lowest BCUT2D eigenvalue weighted by Crippen LogP contribution is -2.45.